The van der Waals surface area contributed by atoms with Crippen molar-refractivity contribution < 1.29 is 4.74 Å². The molecule has 9 heavy (non-hydrogen) atoms. The van der Waals surface area contributed by atoms with E-state index >= 15 is 0 Å². The highest BCUT2D eigenvalue weighted by atomic mass is 16.5. The first kappa shape index (κ1) is 5.10. The van der Waals surface area contributed by atoms with Crippen LogP contribution in [-0.4, -0.2) is 5.60 Å². The Balaban J connectivity index is 2.24. The predicted octanol–water partition coefficient (Wildman–Crippen LogP) is 2.01. The van der Waals surface area contributed by atoms with Crippen LogP contribution in [0.2, 0.25) is 0 Å². The van der Waals surface area contributed by atoms with Crippen LogP contribution >= 0.6 is 0 Å². The lowest BCUT2D eigenvalue weighted by atomic mass is 9.86. The maximum absolute atomic E-state index is 5.49. The van der Waals surface area contributed by atoms with Gasteiger partial charge in [0.15, 0.2) is 0 Å². The number of rotatable bonds is 1. The van der Waals surface area contributed by atoms with E-state index in [4.69, 9.17) is 4.74 Å². The Hall–Kier alpha value is -0.720. The number of allylic oxidation sites excluding steroid dienone is 2. The molecule has 2 heterocycles. The quantitative estimate of drug-likeness (QED) is 0.517. The molecule has 2 aliphatic heterocycles. The molecule has 0 amide bonds. The highest BCUT2D eigenvalue weighted by molar-refractivity contribution is 5.29. The molecule has 1 atom stereocenters. The van der Waals surface area contributed by atoms with Gasteiger partial charge in [-0.3, -0.25) is 0 Å². The summed E-state index contributed by atoms with van der Waals surface area (Å²) in [6.07, 6.45) is 8.50. The monoisotopic (exact) mass is 122 g/mol. The lowest BCUT2D eigenvalue weighted by molar-refractivity contribution is -0.0537. The molecule has 0 N–H and O–H groups in total. The van der Waals surface area contributed by atoms with Crippen LogP contribution in [0, 0.1) is 0 Å². The lowest BCUT2D eigenvalue weighted by Gasteiger charge is -2.43. The zero-order valence-corrected chi connectivity index (χ0v) is 5.55. The Labute approximate surface area is 55.0 Å². The standard InChI is InChI=1S/C8H10O/c1-2-8-5-3-4-7(6-8)9-8/h3-5H,2,6H2,1H3. The van der Waals surface area contributed by atoms with E-state index in [1.54, 1.807) is 0 Å². The third-order valence-electron chi connectivity index (χ3n) is 2.09. The molecule has 2 bridgehead atoms. The minimum Gasteiger partial charge on any atom is -0.487 e. The molecule has 1 fully saturated rings. The molecule has 0 radical (unpaired) electrons. The maximum Gasteiger partial charge on any atom is 0.134 e. The van der Waals surface area contributed by atoms with E-state index in [1.165, 1.54) is 0 Å². The van der Waals surface area contributed by atoms with Gasteiger partial charge in [-0.2, -0.15) is 0 Å². The van der Waals surface area contributed by atoms with Gasteiger partial charge in [-0.1, -0.05) is 13.0 Å². The number of fused-ring (bicyclic) bond motifs is 1. The normalized spacial score (nSPS) is 36.8. The molecular weight excluding hydrogens is 112 g/mol. The molecule has 0 saturated carbocycles. The second kappa shape index (κ2) is 1.41. The number of hydrogen-bond acceptors (Lipinski definition) is 1. The van der Waals surface area contributed by atoms with E-state index in [-0.39, 0.29) is 5.60 Å². The van der Waals surface area contributed by atoms with Crippen molar-refractivity contribution in [2.75, 3.05) is 0 Å². The summed E-state index contributed by atoms with van der Waals surface area (Å²) in [5, 5.41) is 0. The van der Waals surface area contributed by atoms with Crippen molar-refractivity contribution in [2.45, 2.75) is 25.4 Å². The molecule has 0 aromatic carbocycles. The summed E-state index contributed by atoms with van der Waals surface area (Å²) in [5.41, 5.74) is 0.115. The fourth-order valence-electron chi connectivity index (χ4n) is 1.38. The smallest absolute Gasteiger partial charge is 0.134 e. The van der Waals surface area contributed by atoms with E-state index in [1.807, 2.05) is 6.08 Å². The Bertz CT molecular complexity index is 181. The van der Waals surface area contributed by atoms with Crippen LogP contribution in [0.25, 0.3) is 0 Å². The van der Waals surface area contributed by atoms with Gasteiger partial charge >= 0.3 is 0 Å². The van der Waals surface area contributed by atoms with Gasteiger partial charge in [0.1, 0.15) is 11.4 Å². The molecule has 3 aliphatic rings. The minimum absolute atomic E-state index is 0.115. The van der Waals surface area contributed by atoms with E-state index in [9.17, 15) is 0 Å². The fourth-order valence-corrected chi connectivity index (χ4v) is 1.38. The van der Waals surface area contributed by atoms with Crippen LogP contribution in [-0.2, 0) is 4.74 Å². The van der Waals surface area contributed by atoms with Crippen molar-refractivity contribution in [1.82, 2.24) is 0 Å². The molecule has 1 nitrogen and oxygen atoms in total. The first-order chi connectivity index (χ1) is 4.35. The summed E-state index contributed by atoms with van der Waals surface area (Å²) in [6.45, 7) is 2.16. The van der Waals surface area contributed by atoms with Crippen LogP contribution in [0.15, 0.2) is 24.0 Å². The van der Waals surface area contributed by atoms with Gasteiger partial charge in [-0.25, -0.2) is 0 Å². The van der Waals surface area contributed by atoms with Gasteiger partial charge in [0.2, 0.25) is 0 Å². The first-order valence-electron chi connectivity index (χ1n) is 3.42. The molecule has 1 unspecified atom stereocenters. The Morgan fingerprint density at radius 3 is 2.89 bits per heavy atom. The highest BCUT2D eigenvalue weighted by Crippen LogP contribution is 2.42. The molecule has 3 rings (SSSR count). The zero-order chi connectivity index (χ0) is 6.32. The molecule has 0 spiro atoms. The third kappa shape index (κ3) is 0.546. The van der Waals surface area contributed by atoms with Gasteiger partial charge in [0.25, 0.3) is 0 Å². The second-order valence-corrected chi connectivity index (χ2v) is 2.69. The molecule has 48 valence electrons. The Morgan fingerprint density at radius 1 is 1.78 bits per heavy atom. The summed E-state index contributed by atoms with van der Waals surface area (Å²) in [5.74, 6) is 1.15. The van der Waals surface area contributed by atoms with Crippen LogP contribution in [0.4, 0.5) is 0 Å². The van der Waals surface area contributed by atoms with Crippen LogP contribution in [0.5, 0.6) is 0 Å². The van der Waals surface area contributed by atoms with E-state index in [0.717, 1.165) is 18.6 Å². The first-order valence-corrected chi connectivity index (χ1v) is 3.42. The summed E-state index contributed by atoms with van der Waals surface area (Å²) in [4.78, 5) is 0. The average Bonchev–Trinajstić information content (AvgIpc) is 1.88. The van der Waals surface area contributed by atoms with Crippen LogP contribution < -0.4 is 0 Å². The fraction of sp³-hybridized carbons (Fsp3) is 0.500. The van der Waals surface area contributed by atoms with Crippen molar-refractivity contribution in [1.29, 1.82) is 0 Å². The van der Waals surface area contributed by atoms with E-state index in [2.05, 4.69) is 19.1 Å². The van der Waals surface area contributed by atoms with Crippen molar-refractivity contribution in [3.8, 4) is 0 Å². The topological polar surface area (TPSA) is 9.23 Å². The molecule has 0 aromatic heterocycles. The van der Waals surface area contributed by atoms with Crippen LogP contribution in [0.3, 0.4) is 0 Å². The summed E-state index contributed by atoms with van der Waals surface area (Å²) in [7, 11) is 0. The average molecular weight is 122 g/mol. The Kier molecular flexibility index (Phi) is 0.797. The minimum atomic E-state index is 0.115. The predicted molar refractivity (Wildman–Crippen MR) is 35.9 cm³/mol. The second-order valence-electron chi connectivity index (χ2n) is 2.69. The van der Waals surface area contributed by atoms with Crippen molar-refractivity contribution in [3.05, 3.63) is 24.0 Å². The Morgan fingerprint density at radius 2 is 2.56 bits per heavy atom. The zero-order valence-electron chi connectivity index (χ0n) is 5.55. The number of ether oxygens (including phenoxy) is 1. The number of hydrogen-bond donors (Lipinski definition) is 0. The van der Waals surface area contributed by atoms with E-state index in [0.29, 0.717) is 0 Å². The largest absolute Gasteiger partial charge is 0.487 e. The van der Waals surface area contributed by atoms with Crippen LogP contribution in [0.1, 0.15) is 19.8 Å². The summed E-state index contributed by atoms with van der Waals surface area (Å²) >= 11 is 0. The SMILES string of the molecule is CCC12C=CC=C(C1)O2. The maximum atomic E-state index is 5.49. The highest BCUT2D eigenvalue weighted by Gasteiger charge is 2.40. The van der Waals surface area contributed by atoms with Crippen molar-refractivity contribution in [2.24, 2.45) is 0 Å². The molecule has 1 heteroatoms. The summed E-state index contributed by atoms with van der Waals surface area (Å²) in [6, 6.07) is 0. The summed E-state index contributed by atoms with van der Waals surface area (Å²) < 4.78 is 5.49. The van der Waals surface area contributed by atoms with Gasteiger partial charge in [-0.05, 0) is 18.6 Å². The van der Waals surface area contributed by atoms with E-state index < -0.39 is 0 Å². The molecular formula is C8H10O. The third-order valence-corrected chi connectivity index (χ3v) is 2.09. The van der Waals surface area contributed by atoms with Gasteiger partial charge < -0.3 is 4.74 Å². The lowest BCUT2D eigenvalue weighted by Crippen LogP contribution is -2.40. The van der Waals surface area contributed by atoms with Crippen molar-refractivity contribution in [3.63, 3.8) is 0 Å². The molecule has 0 aromatic rings. The van der Waals surface area contributed by atoms with Gasteiger partial charge in [0, 0.05) is 6.42 Å². The molecule has 1 aliphatic carbocycles. The van der Waals surface area contributed by atoms with Crippen molar-refractivity contribution >= 4 is 0 Å². The van der Waals surface area contributed by atoms with Gasteiger partial charge in [-0.15, -0.1) is 0 Å². The molecule has 1 saturated heterocycles. The van der Waals surface area contributed by atoms with Gasteiger partial charge in [0.05, 0.1) is 0 Å².